The molecule has 7 rings (SSSR count). The van der Waals surface area contributed by atoms with Crippen molar-refractivity contribution in [3.63, 3.8) is 0 Å². The van der Waals surface area contributed by atoms with Crippen LogP contribution >= 0.6 is 0 Å². The molecule has 252 valence electrons. The monoisotopic (exact) mass is 677 g/mol. The summed E-state index contributed by atoms with van der Waals surface area (Å²) in [6, 6.07) is 17.4. The molecule has 2 bridgehead atoms. The minimum atomic E-state index is -4.60. The van der Waals surface area contributed by atoms with E-state index in [9.17, 15) is 17.6 Å². The molecule has 0 radical (unpaired) electrons. The Morgan fingerprint density at radius 1 is 0.833 bits per heavy atom. The van der Waals surface area contributed by atoms with Crippen molar-refractivity contribution in [3.05, 3.63) is 96.3 Å². The van der Waals surface area contributed by atoms with E-state index in [0.717, 1.165) is 31.1 Å². The van der Waals surface area contributed by atoms with Crippen molar-refractivity contribution in [1.29, 1.82) is 0 Å². The lowest BCUT2D eigenvalue weighted by atomic mass is 9.94. The second-order valence-electron chi connectivity index (χ2n) is 13.3. The summed E-state index contributed by atoms with van der Waals surface area (Å²) in [6.45, 7) is 0. The van der Waals surface area contributed by atoms with Crippen molar-refractivity contribution in [2.24, 2.45) is 5.73 Å². The molecule has 3 fully saturated rings. The number of hydrogen-bond acceptors (Lipinski definition) is 5. The maximum Gasteiger partial charge on any atom is 0.298 e. The van der Waals surface area contributed by atoms with Gasteiger partial charge < -0.3 is 15.4 Å². The molecule has 1 aliphatic carbocycles. The molecule has 2 aliphatic heterocycles. The molecule has 0 aromatic heterocycles. The molecule has 11 heteroatoms. The number of alkyl halides is 2. The molecular weight excluding hydrogens is 639 g/mol. The lowest BCUT2D eigenvalue weighted by Gasteiger charge is -2.41. The van der Waals surface area contributed by atoms with Gasteiger partial charge in [0.05, 0.1) is 11.0 Å². The topological polar surface area (TPSA) is 102 Å². The lowest BCUT2D eigenvalue weighted by molar-refractivity contribution is -0.149. The normalized spacial score (nSPS) is 22.2. The molecule has 3 aliphatic rings. The summed E-state index contributed by atoms with van der Waals surface area (Å²) < 4.78 is 82.6. The molecule has 7 nitrogen and oxygen atoms in total. The number of hydrogen-bond donors (Lipinski definition) is 2. The molecular formula is C37H38F3N3O4S. The second-order valence-corrected chi connectivity index (χ2v) is 15.0. The molecule has 3 N–H and O–H groups in total. The molecule has 0 spiro atoms. The van der Waals surface area contributed by atoms with Crippen LogP contribution in [0.25, 0.3) is 21.9 Å². The second kappa shape index (κ2) is 12.8. The number of nitrogens with two attached hydrogens (primary N) is 1. The van der Waals surface area contributed by atoms with E-state index in [0.29, 0.717) is 47.9 Å². The van der Waals surface area contributed by atoms with E-state index in [4.69, 9.17) is 10.5 Å². The number of fused-ring (bicyclic) bond motifs is 3. The van der Waals surface area contributed by atoms with Crippen LogP contribution in [0.1, 0.15) is 56.9 Å². The number of amides is 1. The number of nitrogens with zero attached hydrogens (tertiary/aromatic N) is 1. The van der Waals surface area contributed by atoms with Gasteiger partial charge in [0, 0.05) is 23.7 Å². The predicted molar refractivity (Wildman–Crippen MR) is 178 cm³/mol. The molecule has 1 amide bonds. The third-order valence-electron chi connectivity index (χ3n) is 10.1. The van der Waals surface area contributed by atoms with Gasteiger partial charge in [0.25, 0.3) is 5.92 Å². The lowest BCUT2D eigenvalue weighted by Crippen LogP contribution is -2.60. The summed E-state index contributed by atoms with van der Waals surface area (Å²) in [6.07, 6.45) is 6.59. The Balaban J connectivity index is 1.20. The number of rotatable bonds is 9. The van der Waals surface area contributed by atoms with Crippen LogP contribution < -0.4 is 15.2 Å². The predicted octanol–water partition coefficient (Wildman–Crippen LogP) is 6.89. The molecule has 48 heavy (non-hydrogen) atoms. The Bertz CT molecular complexity index is 1900. The van der Waals surface area contributed by atoms with E-state index in [1.54, 1.807) is 18.2 Å². The average molecular weight is 678 g/mol. The third kappa shape index (κ3) is 6.43. The van der Waals surface area contributed by atoms with Gasteiger partial charge in [-0.2, -0.15) is 13.5 Å². The fourth-order valence-electron chi connectivity index (χ4n) is 7.57. The summed E-state index contributed by atoms with van der Waals surface area (Å²) >= 11 is 0. The molecule has 2 saturated heterocycles. The zero-order chi connectivity index (χ0) is 33.6. The molecule has 4 aromatic rings. The molecule has 2 heterocycles. The van der Waals surface area contributed by atoms with Gasteiger partial charge in [0.15, 0.2) is 6.04 Å². The van der Waals surface area contributed by atoms with Crippen LogP contribution in [-0.4, -0.2) is 49.5 Å². The fraction of sp³-hybridized carbons (Fsp3) is 0.378. The summed E-state index contributed by atoms with van der Waals surface area (Å²) in [4.78, 5) is 15.3. The Kier molecular flexibility index (Phi) is 8.72. The zero-order valence-electron chi connectivity index (χ0n) is 26.3. The molecule has 4 aromatic carbocycles. The standard InChI is InChI=1S/C37H38F3N3O4S/c38-28-13-7-24(8-14-28)23-5-11-27(12-6-23)37(39,40)35(36(44)43-30-15-16-31(43)22-29(41)21-30)42-48(45,46)34-18-10-25-19-33(17-9-26(25)20-34)47-32-3-1-2-4-32/h5-14,17-20,29-32,35,42H,1-4,15-16,21-22,41H2/t29?,30?,31?,35-/m0/s1. The maximum absolute atomic E-state index is 16.6. The number of nitrogens with one attached hydrogen (secondary N) is 1. The van der Waals surface area contributed by atoms with E-state index in [2.05, 4.69) is 4.72 Å². The van der Waals surface area contributed by atoms with Gasteiger partial charge in [0.1, 0.15) is 11.6 Å². The highest BCUT2D eigenvalue weighted by molar-refractivity contribution is 7.89. The number of carbonyl (C=O) groups is 1. The Morgan fingerprint density at radius 3 is 2.06 bits per heavy atom. The van der Waals surface area contributed by atoms with Crippen molar-refractivity contribution in [2.45, 2.75) is 92.5 Å². The number of ether oxygens (including phenoxy) is 1. The van der Waals surface area contributed by atoms with Crippen molar-refractivity contribution < 1.29 is 31.1 Å². The first-order valence-electron chi connectivity index (χ1n) is 16.5. The van der Waals surface area contributed by atoms with E-state index in [-0.39, 0.29) is 29.1 Å². The van der Waals surface area contributed by atoms with Gasteiger partial charge in [-0.05, 0) is 110 Å². The van der Waals surface area contributed by atoms with Gasteiger partial charge in [-0.15, -0.1) is 0 Å². The minimum Gasteiger partial charge on any atom is -0.490 e. The maximum atomic E-state index is 16.6. The summed E-state index contributed by atoms with van der Waals surface area (Å²) in [5.41, 5.74) is 6.85. The molecule has 1 saturated carbocycles. The first-order chi connectivity index (χ1) is 23.0. The summed E-state index contributed by atoms with van der Waals surface area (Å²) in [7, 11) is -4.60. The van der Waals surface area contributed by atoms with Crippen molar-refractivity contribution in [3.8, 4) is 16.9 Å². The summed E-state index contributed by atoms with van der Waals surface area (Å²) in [5.74, 6) is -4.63. The number of benzene rings is 4. The minimum absolute atomic E-state index is 0.150. The van der Waals surface area contributed by atoms with Gasteiger partial charge in [-0.25, -0.2) is 12.8 Å². The Hall–Kier alpha value is -3.93. The quantitative estimate of drug-likeness (QED) is 0.201. The zero-order valence-corrected chi connectivity index (χ0v) is 27.1. The van der Waals surface area contributed by atoms with E-state index >= 15 is 8.78 Å². The van der Waals surface area contributed by atoms with Gasteiger partial charge in [-0.3, -0.25) is 4.79 Å². The van der Waals surface area contributed by atoms with Crippen LogP contribution in [0.5, 0.6) is 5.75 Å². The van der Waals surface area contributed by atoms with Crippen LogP contribution in [0, 0.1) is 5.82 Å². The van der Waals surface area contributed by atoms with E-state index in [1.165, 1.54) is 65.6 Å². The Labute approximate surface area is 278 Å². The number of piperidine rings is 1. The first kappa shape index (κ1) is 32.6. The molecule has 2 unspecified atom stereocenters. The van der Waals surface area contributed by atoms with Gasteiger partial charge in [-0.1, -0.05) is 48.5 Å². The SMILES string of the molecule is NC1CC2CCC(C1)N2C(=O)[C@H](NS(=O)(=O)c1ccc2cc(OC3CCCC3)ccc2c1)C(F)(F)c1ccc(-c2ccc(F)cc2)cc1. The van der Waals surface area contributed by atoms with Crippen LogP contribution in [-0.2, 0) is 20.7 Å². The van der Waals surface area contributed by atoms with Crippen LogP contribution in [0.3, 0.4) is 0 Å². The highest BCUT2D eigenvalue weighted by Crippen LogP contribution is 2.40. The smallest absolute Gasteiger partial charge is 0.298 e. The average Bonchev–Trinajstić information content (AvgIpc) is 3.68. The third-order valence-corrected chi connectivity index (χ3v) is 11.5. The number of carbonyl (C=O) groups excluding carboxylic acids is 1. The van der Waals surface area contributed by atoms with Crippen LogP contribution in [0.2, 0.25) is 0 Å². The number of sulfonamides is 1. The van der Waals surface area contributed by atoms with Crippen molar-refractivity contribution in [2.75, 3.05) is 0 Å². The van der Waals surface area contributed by atoms with Crippen LogP contribution in [0.15, 0.2) is 89.8 Å². The van der Waals surface area contributed by atoms with Gasteiger partial charge >= 0.3 is 0 Å². The van der Waals surface area contributed by atoms with Crippen molar-refractivity contribution >= 4 is 26.7 Å². The largest absolute Gasteiger partial charge is 0.490 e. The molecule has 3 atom stereocenters. The van der Waals surface area contributed by atoms with Gasteiger partial charge in [0.2, 0.25) is 15.9 Å². The highest BCUT2D eigenvalue weighted by atomic mass is 32.2. The fourth-order valence-corrected chi connectivity index (χ4v) is 8.79. The van der Waals surface area contributed by atoms with E-state index in [1.807, 2.05) is 6.07 Å². The first-order valence-corrected chi connectivity index (χ1v) is 18.0. The van der Waals surface area contributed by atoms with E-state index < -0.39 is 39.3 Å². The Morgan fingerprint density at radius 2 is 1.42 bits per heavy atom. The highest BCUT2D eigenvalue weighted by Gasteiger charge is 2.53. The van der Waals surface area contributed by atoms with Crippen molar-refractivity contribution in [1.82, 2.24) is 9.62 Å². The van der Waals surface area contributed by atoms with Crippen LogP contribution in [0.4, 0.5) is 13.2 Å². The summed E-state index contributed by atoms with van der Waals surface area (Å²) in [5, 5.41) is 1.33. The number of halogens is 3.